The molecule has 1 aromatic heterocycles. The molecule has 1 heterocycles. The minimum Gasteiger partial charge on any atom is -0.392 e. The highest BCUT2D eigenvalue weighted by atomic mass is 19.3. The summed E-state index contributed by atoms with van der Waals surface area (Å²) in [5, 5.41) is 10.3. The highest BCUT2D eigenvalue weighted by Gasteiger charge is 2.37. The predicted molar refractivity (Wildman–Crippen MR) is 77.3 cm³/mol. The molecule has 0 radical (unpaired) electrons. The van der Waals surface area contributed by atoms with Gasteiger partial charge in [-0.1, -0.05) is 12.1 Å². The Labute approximate surface area is 122 Å². The molecule has 0 bridgehead atoms. The molecular weight excluding hydrogens is 274 g/mol. The molecule has 0 spiro atoms. The average Bonchev–Trinajstić information content (AvgIpc) is 2.76. The van der Waals surface area contributed by atoms with Gasteiger partial charge < -0.3 is 9.67 Å². The summed E-state index contributed by atoms with van der Waals surface area (Å²) in [5.74, 6) is -1.79. The van der Waals surface area contributed by atoms with Crippen LogP contribution in [0.25, 0.3) is 11.0 Å². The highest BCUT2D eigenvalue weighted by Crippen LogP contribution is 2.38. The molecule has 1 unspecified atom stereocenters. The van der Waals surface area contributed by atoms with E-state index in [0.717, 1.165) is 16.9 Å². The van der Waals surface area contributed by atoms with Crippen LogP contribution in [0.15, 0.2) is 24.3 Å². The van der Waals surface area contributed by atoms with E-state index in [0.29, 0.717) is 19.3 Å². The van der Waals surface area contributed by atoms with Gasteiger partial charge in [-0.2, -0.15) is 0 Å². The van der Waals surface area contributed by atoms with Crippen LogP contribution in [-0.4, -0.2) is 26.7 Å². The smallest absolute Gasteiger partial charge is 0.248 e. The summed E-state index contributed by atoms with van der Waals surface area (Å²) in [7, 11) is 1.92. The number of imidazole rings is 1. The van der Waals surface area contributed by atoms with E-state index < -0.39 is 12.0 Å². The number of fused-ring (bicyclic) bond motifs is 1. The molecule has 114 valence electrons. The Hall–Kier alpha value is -1.49. The van der Waals surface area contributed by atoms with Crippen LogP contribution >= 0.6 is 0 Å². The van der Waals surface area contributed by atoms with Crippen LogP contribution in [0.1, 0.15) is 31.5 Å². The second-order valence-electron chi connectivity index (χ2n) is 6.04. The Morgan fingerprint density at radius 2 is 2.00 bits per heavy atom. The molecule has 1 aliphatic rings. The van der Waals surface area contributed by atoms with Gasteiger partial charge in [0, 0.05) is 26.3 Å². The Balaban J connectivity index is 1.72. The van der Waals surface area contributed by atoms with Crippen LogP contribution in [0, 0.1) is 5.92 Å². The van der Waals surface area contributed by atoms with E-state index in [1.165, 1.54) is 0 Å². The van der Waals surface area contributed by atoms with Crippen molar-refractivity contribution in [3.63, 3.8) is 0 Å². The van der Waals surface area contributed by atoms with Gasteiger partial charge in [-0.05, 0) is 30.9 Å². The van der Waals surface area contributed by atoms with Crippen molar-refractivity contribution in [1.82, 2.24) is 9.55 Å². The topological polar surface area (TPSA) is 38.0 Å². The maximum absolute atomic E-state index is 13.2. The quantitative estimate of drug-likeness (QED) is 0.943. The molecule has 3 nitrogen and oxygen atoms in total. The van der Waals surface area contributed by atoms with E-state index in [9.17, 15) is 13.9 Å². The monoisotopic (exact) mass is 294 g/mol. The Bertz CT molecular complexity index is 628. The molecule has 1 fully saturated rings. The largest absolute Gasteiger partial charge is 0.392 e. The van der Waals surface area contributed by atoms with E-state index in [2.05, 4.69) is 4.98 Å². The first-order valence-corrected chi connectivity index (χ1v) is 7.42. The van der Waals surface area contributed by atoms with Crippen molar-refractivity contribution in [3.8, 4) is 0 Å². The molecule has 3 rings (SSSR count). The summed E-state index contributed by atoms with van der Waals surface area (Å²) in [5.41, 5.74) is 1.92. The molecule has 21 heavy (non-hydrogen) atoms. The Kier molecular flexibility index (Phi) is 3.69. The molecule has 1 saturated carbocycles. The summed E-state index contributed by atoms with van der Waals surface area (Å²) < 4.78 is 28.3. The number of hydrogen-bond donors (Lipinski definition) is 1. The van der Waals surface area contributed by atoms with Crippen molar-refractivity contribution in [2.75, 3.05) is 0 Å². The number of aliphatic hydroxyl groups excluding tert-OH is 1. The van der Waals surface area contributed by atoms with Crippen LogP contribution in [-0.2, 0) is 13.5 Å². The lowest BCUT2D eigenvalue weighted by molar-refractivity contribution is -0.0621. The van der Waals surface area contributed by atoms with Gasteiger partial charge in [-0.25, -0.2) is 13.8 Å². The van der Waals surface area contributed by atoms with Crippen molar-refractivity contribution in [1.29, 1.82) is 0 Å². The number of benzene rings is 1. The lowest BCUT2D eigenvalue weighted by atomic mass is 9.82. The first-order valence-electron chi connectivity index (χ1n) is 7.42. The van der Waals surface area contributed by atoms with Crippen molar-refractivity contribution >= 4 is 11.0 Å². The zero-order valence-electron chi connectivity index (χ0n) is 12.1. The zero-order valence-corrected chi connectivity index (χ0v) is 12.1. The first kappa shape index (κ1) is 14.4. The summed E-state index contributed by atoms with van der Waals surface area (Å²) in [6, 6.07) is 7.80. The number of para-hydroxylation sites is 2. The number of aromatic nitrogens is 2. The fraction of sp³-hybridized carbons (Fsp3) is 0.562. The Morgan fingerprint density at radius 1 is 1.33 bits per heavy atom. The fourth-order valence-corrected chi connectivity index (χ4v) is 3.18. The maximum atomic E-state index is 13.2. The summed E-state index contributed by atoms with van der Waals surface area (Å²) in [4.78, 5) is 4.53. The lowest BCUT2D eigenvalue weighted by Gasteiger charge is -2.31. The maximum Gasteiger partial charge on any atom is 0.248 e. The van der Waals surface area contributed by atoms with Crippen LogP contribution in [0.2, 0.25) is 0 Å². The van der Waals surface area contributed by atoms with E-state index in [1.807, 2.05) is 35.9 Å². The van der Waals surface area contributed by atoms with Gasteiger partial charge in [0.15, 0.2) is 0 Å². The van der Waals surface area contributed by atoms with Gasteiger partial charge in [0.2, 0.25) is 5.92 Å². The van der Waals surface area contributed by atoms with Gasteiger partial charge in [-0.15, -0.1) is 0 Å². The van der Waals surface area contributed by atoms with Crippen LogP contribution in [0.3, 0.4) is 0 Å². The van der Waals surface area contributed by atoms with E-state index in [4.69, 9.17) is 0 Å². The third-order valence-electron chi connectivity index (χ3n) is 4.58. The van der Waals surface area contributed by atoms with Gasteiger partial charge in [0.1, 0.15) is 5.82 Å². The second-order valence-corrected chi connectivity index (χ2v) is 6.04. The lowest BCUT2D eigenvalue weighted by Crippen LogP contribution is -2.32. The number of alkyl halides is 2. The van der Waals surface area contributed by atoms with E-state index in [1.54, 1.807) is 0 Å². The number of aryl methyl sites for hydroxylation is 1. The Morgan fingerprint density at radius 3 is 2.67 bits per heavy atom. The number of hydrogen-bond acceptors (Lipinski definition) is 2. The van der Waals surface area contributed by atoms with Crippen molar-refractivity contribution in [2.24, 2.45) is 13.0 Å². The van der Waals surface area contributed by atoms with Crippen LogP contribution < -0.4 is 0 Å². The van der Waals surface area contributed by atoms with E-state index in [-0.39, 0.29) is 18.8 Å². The molecule has 0 saturated heterocycles. The molecular formula is C16H20F2N2O. The number of nitrogens with zero attached hydrogens (tertiary/aromatic N) is 2. The van der Waals surface area contributed by atoms with Crippen LogP contribution in [0.4, 0.5) is 8.78 Å². The standard InChI is InChI=1S/C16H20F2N2O/c1-20-13-5-3-2-4-12(13)19-15(20)10-14(21)11-6-8-16(17,18)9-7-11/h2-5,11,14,21H,6-10H2,1H3. The first-order chi connectivity index (χ1) is 9.96. The second kappa shape index (κ2) is 5.37. The van der Waals surface area contributed by atoms with Gasteiger partial charge >= 0.3 is 0 Å². The third-order valence-corrected chi connectivity index (χ3v) is 4.58. The average molecular weight is 294 g/mol. The summed E-state index contributed by atoms with van der Waals surface area (Å²) in [6.07, 6.45) is 0.364. The SMILES string of the molecule is Cn1c(CC(O)C2CCC(F)(F)CC2)nc2ccccc21. The van der Waals surface area contributed by atoms with E-state index >= 15 is 0 Å². The molecule has 1 aromatic carbocycles. The highest BCUT2D eigenvalue weighted by molar-refractivity contribution is 5.75. The summed E-state index contributed by atoms with van der Waals surface area (Å²) in [6.45, 7) is 0. The normalized spacial score (nSPS) is 20.8. The minimum absolute atomic E-state index is 0.0514. The van der Waals surface area contributed by atoms with Gasteiger partial charge in [-0.3, -0.25) is 0 Å². The molecule has 5 heteroatoms. The third kappa shape index (κ3) is 2.93. The summed E-state index contributed by atoms with van der Waals surface area (Å²) >= 11 is 0. The fourth-order valence-electron chi connectivity index (χ4n) is 3.18. The zero-order chi connectivity index (χ0) is 15.0. The van der Waals surface area contributed by atoms with Crippen molar-refractivity contribution < 1.29 is 13.9 Å². The molecule has 1 aliphatic carbocycles. The van der Waals surface area contributed by atoms with Crippen LogP contribution in [0.5, 0.6) is 0 Å². The minimum atomic E-state index is -2.55. The van der Waals surface area contributed by atoms with Gasteiger partial charge in [0.05, 0.1) is 17.1 Å². The van der Waals surface area contributed by atoms with Crippen molar-refractivity contribution in [2.45, 2.75) is 44.1 Å². The number of halogens is 2. The van der Waals surface area contributed by atoms with Gasteiger partial charge in [0.25, 0.3) is 0 Å². The molecule has 0 aliphatic heterocycles. The van der Waals surface area contributed by atoms with Crippen molar-refractivity contribution in [3.05, 3.63) is 30.1 Å². The number of aliphatic hydroxyl groups is 1. The molecule has 1 N–H and O–H groups in total. The predicted octanol–water partition coefficient (Wildman–Crippen LogP) is 3.30. The molecule has 2 aromatic rings. The molecule has 1 atom stereocenters. The number of rotatable bonds is 3. The molecule has 0 amide bonds.